The van der Waals surface area contributed by atoms with Crippen molar-refractivity contribution in [2.75, 3.05) is 39.3 Å². The molecule has 1 aromatic heterocycles. The fourth-order valence-corrected chi connectivity index (χ4v) is 2.90. The van der Waals surface area contributed by atoms with Crippen LogP contribution in [-0.2, 0) is 11.2 Å². The van der Waals surface area contributed by atoms with Crippen LogP contribution < -0.4 is 10.6 Å². The molecule has 0 spiro atoms. The summed E-state index contributed by atoms with van der Waals surface area (Å²) in [5, 5.41) is 6.96. The molecule has 2 heterocycles. The van der Waals surface area contributed by atoms with E-state index in [2.05, 4.69) is 20.5 Å². The number of nitrogens with zero attached hydrogens (tertiary/aromatic N) is 2. The highest BCUT2D eigenvalue weighted by Crippen LogP contribution is 2.22. The van der Waals surface area contributed by atoms with Gasteiger partial charge in [-0.05, 0) is 24.3 Å². The maximum absolute atomic E-state index is 11.9. The molecule has 6 nitrogen and oxygen atoms in total. The second kappa shape index (κ2) is 8.99. The molecule has 7 heteroatoms. The van der Waals surface area contributed by atoms with Gasteiger partial charge in [-0.3, -0.25) is 9.69 Å². The van der Waals surface area contributed by atoms with E-state index in [9.17, 15) is 4.79 Å². The summed E-state index contributed by atoms with van der Waals surface area (Å²) in [5.41, 5.74) is 0.920. The van der Waals surface area contributed by atoms with Gasteiger partial charge in [0, 0.05) is 62.7 Å². The standard InChI is InChI=1S/C18H23ClN4O2/c19-15-3-1-14(2-4-15)16-13-22-18(25-16)6-5-17(24)21-9-12-23-10-7-20-8-11-23/h1-4,13,20H,5-12H2,(H,21,24). The Bertz CT molecular complexity index is 681. The average molecular weight is 363 g/mol. The molecule has 3 rings (SSSR count). The van der Waals surface area contributed by atoms with E-state index in [0.717, 1.165) is 38.3 Å². The molecule has 1 amide bonds. The lowest BCUT2D eigenvalue weighted by molar-refractivity contribution is -0.121. The van der Waals surface area contributed by atoms with Crippen LogP contribution >= 0.6 is 11.6 Å². The summed E-state index contributed by atoms with van der Waals surface area (Å²) in [5.74, 6) is 1.29. The quantitative estimate of drug-likeness (QED) is 0.787. The maximum atomic E-state index is 11.9. The topological polar surface area (TPSA) is 70.4 Å². The Morgan fingerprint density at radius 1 is 1.28 bits per heavy atom. The number of hydrogen-bond acceptors (Lipinski definition) is 5. The van der Waals surface area contributed by atoms with Gasteiger partial charge in [-0.15, -0.1) is 0 Å². The van der Waals surface area contributed by atoms with Crippen LogP contribution in [0.4, 0.5) is 0 Å². The molecule has 0 aliphatic carbocycles. The summed E-state index contributed by atoms with van der Waals surface area (Å²) in [7, 11) is 0. The van der Waals surface area contributed by atoms with Crippen molar-refractivity contribution in [1.82, 2.24) is 20.5 Å². The van der Waals surface area contributed by atoms with Gasteiger partial charge in [0.1, 0.15) is 0 Å². The maximum Gasteiger partial charge on any atom is 0.220 e. The van der Waals surface area contributed by atoms with Gasteiger partial charge in [-0.25, -0.2) is 4.98 Å². The van der Waals surface area contributed by atoms with Gasteiger partial charge in [-0.1, -0.05) is 11.6 Å². The van der Waals surface area contributed by atoms with Crippen LogP contribution in [0.2, 0.25) is 5.02 Å². The molecule has 134 valence electrons. The van der Waals surface area contributed by atoms with Crippen LogP contribution in [0.5, 0.6) is 0 Å². The molecule has 1 saturated heterocycles. The second-order valence-electron chi connectivity index (χ2n) is 6.07. The van der Waals surface area contributed by atoms with Gasteiger partial charge in [-0.2, -0.15) is 0 Å². The monoisotopic (exact) mass is 362 g/mol. The number of aryl methyl sites for hydroxylation is 1. The molecule has 1 aliphatic heterocycles. The first-order chi connectivity index (χ1) is 12.2. The molecule has 2 aromatic rings. The summed E-state index contributed by atoms with van der Waals surface area (Å²) in [4.78, 5) is 18.5. The SMILES string of the molecule is O=C(CCc1ncc(-c2ccc(Cl)cc2)o1)NCCN1CCNCC1. The lowest BCUT2D eigenvalue weighted by atomic mass is 10.2. The van der Waals surface area contributed by atoms with Crippen LogP contribution in [0.3, 0.4) is 0 Å². The molecular weight excluding hydrogens is 340 g/mol. The third-order valence-corrected chi connectivity index (χ3v) is 4.46. The van der Waals surface area contributed by atoms with E-state index in [1.165, 1.54) is 0 Å². The highest BCUT2D eigenvalue weighted by molar-refractivity contribution is 6.30. The molecule has 0 saturated carbocycles. The fourth-order valence-electron chi connectivity index (χ4n) is 2.77. The van der Waals surface area contributed by atoms with Crippen molar-refractivity contribution in [1.29, 1.82) is 0 Å². The van der Waals surface area contributed by atoms with E-state index in [-0.39, 0.29) is 5.91 Å². The Kier molecular flexibility index (Phi) is 6.44. The number of hydrogen-bond donors (Lipinski definition) is 2. The summed E-state index contributed by atoms with van der Waals surface area (Å²) in [6.45, 7) is 5.70. The third kappa shape index (κ3) is 5.56. The lowest BCUT2D eigenvalue weighted by Crippen LogP contribution is -2.46. The summed E-state index contributed by atoms with van der Waals surface area (Å²) in [6, 6.07) is 7.39. The number of piperazine rings is 1. The van der Waals surface area contributed by atoms with Gasteiger partial charge in [0.25, 0.3) is 0 Å². The number of oxazole rings is 1. The van der Waals surface area contributed by atoms with Crippen molar-refractivity contribution < 1.29 is 9.21 Å². The van der Waals surface area contributed by atoms with Crippen LogP contribution in [0.15, 0.2) is 34.9 Å². The van der Waals surface area contributed by atoms with Crippen LogP contribution in [0, 0.1) is 0 Å². The van der Waals surface area contributed by atoms with Gasteiger partial charge < -0.3 is 15.1 Å². The van der Waals surface area contributed by atoms with Crippen molar-refractivity contribution in [3.63, 3.8) is 0 Å². The Balaban J connectivity index is 1.39. The highest BCUT2D eigenvalue weighted by atomic mass is 35.5. The van der Waals surface area contributed by atoms with E-state index < -0.39 is 0 Å². The van der Waals surface area contributed by atoms with Crippen molar-refractivity contribution in [3.05, 3.63) is 41.4 Å². The first-order valence-electron chi connectivity index (χ1n) is 8.61. The van der Waals surface area contributed by atoms with E-state index in [1.54, 1.807) is 6.20 Å². The zero-order valence-electron chi connectivity index (χ0n) is 14.1. The van der Waals surface area contributed by atoms with Gasteiger partial charge >= 0.3 is 0 Å². The van der Waals surface area contributed by atoms with E-state index in [1.807, 2.05) is 24.3 Å². The zero-order chi connectivity index (χ0) is 17.5. The molecular formula is C18H23ClN4O2. The van der Waals surface area contributed by atoms with Crippen LogP contribution in [-0.4, -0.2) is 55.1 Å². The molecule has 2 N–H and O–H groups in total. The molecule has 1 aliphatic rings. The molecule has 0 atom stereocenters. The first kappa shape index (κ1) is 17.9. The predicted molar refractivity (Wildman–Crippen MR) is 97.6 cm³/mol. The van der Waals surface area contributed by atoms with Gasteiger partial charge in [0.2, 0.25) is 5.91 Å². The largest absolute Gasteiger partial charge is 0.441 e. The Morgan fingerprint density at radius 3 is 2.80 bits per heavy atom. The third-order valence-electron chi connectivity index (χ3n) is 4.21. The van der Waals surface area contributed by atoms with E-state index in [0.29, 0.717) is 36.1 Å². The fraction of sp³-hybridized carbons (Fsp3) is 0.444. The first-order valence-corrected chi connectivity index (χ1v) is 8.99. The molecule has 1 aromatic carbocycles. The number of halogens is 1. The van der Waals surface area contributed by atoms with Gasteiger partial charge in [0.15, 0.2) is 11.7 Å². The average Bonchev–Trinajstić information content (AvgIpc) is 3.10. The number of aromatic nitrogens is 1. The molecule has 0 unspecified atom stereocenters. The normalized spacial score (nSPS) is 15.2. The van der Waals surface area contributed by atoms with Crippen molar-refractivity contribution in [2.24, 2.45) is 0 Å². The number of benzene rings is 1. The minimum absolute atomic E-state index is 0.0291. The van der Waals surface area contributed by atoms with E-state index >= 15 is 0 Å². The van der Waals surface area contributed by atoms with Gasteiger partial charge in [0.05, 0.1) is 6.20 Å². The number of rotatable bonds is 7. The summed E-state index contributed by atoms with van der Waals surface area (Å²) < 4.78 is 5.71. The number of carbonyl (C=O) groups is 1. The number of nitrogens with one attached hydrogen (secondary N) is 2. The van der Waals surface area contributed by atoms with E-state index in [4.69, 9.17) is 16.0 Å². The number of carbonyl (C=O) groups excluding carboxylic acids is 1. The highest BCUT2D eigenvalue weighted by Gasteiger charge is 2.11. The van der Waals surface area contributed by atoms with Crippen LogP contribution in [0.1, 0.15) is 12.3 Å². The second-order valence-corrected chi connectivity index (χ2v) is 6.50. The lowest BCUT2D eigenvalue weighted by Gasteiger charge is -2.27. The van der Waals surface area contributed by atoms with Crippen molar-refractivity contribution >= 4 is 17.5 Å². The minimum atomic E-state index is 0.0291. The molecule has 0 bridgehead atoms. The molecule has 25 heavy (non-hydrogen) atoms. The Labute approximate surface area is 152 Å². The summed E-state index contributed by atoms with van der Waals surface area (Å²) in [6.07, 6.45) is 2.55. The van der Waals surface area contributed by atoms with Crippen molar-refractivity contribution in [3.8, 4) is 11.3 Å². The Hall–Kier alpha value is -1.89. The predicted octanol–water partition coefficient (Wildman–Crippen LogP) is 1.95. The smallest absolute Gasteiger partial charge is 0.220 e. The number of amides is 1. The van der Waals surface area contributed by atoms with Crippen LogP contribution in [0.25, 0.3) is 11.3 Å². The Morgan fingerprint density at radius 2 is 2.04 bits per heavy atom. The minimum Gasteiger partial charge on any atom is -0.441 e. The molecule has 0 radical (unpaired) electrons. The zero-order valence-corrected chi connectivity index (χ0v) is 14.9. The molecule has 1 fully saturated rings. The van der Waals surface area contributed by atoms with Crippen molar-refractivity contribution in [2.45, 2.75) is 12.8 Å². The summed E-state index contributed by atoms with van der Waals surface area (Å²) >= 11 is 5.88.